The van der Waals surface area contributed by atoms with Crippen LogP contribution in [0.2, 0.25) is 5.02 Å². The third-order valence-corrected chi connectivity index (χ3v) is 5.18. The van der Waals surface area contributed by atoms with E-state index in [9.17, 15) is 5.11 Å². The molecule has 0 aromatic heterocycles. The van der Waals surface area contributed by atoms with Crippen molar-refractivity contribution in [1.29, 1.82) is 0 Å². The lowest BCUT2D eigenvalue weighted by Crippen LogP contribution is -2.41. The maximum atomic E-state index is 10.2. The molecule has 0 bridgehead atoms. The molecule has 0 amide bonds. The predicted octanol–water partition coefficient (Wildman–Crippen LogP) is 3.42. The Morgan fingerprint density at radius 3 is 3.00 bits per heavy atom. The van der Waals surface area contributed by atoms with Crippen molar-refractivity contribution in [3.8, 4) is 5.75 Å². The standard InChI is InChI=1S/C13H15ClO2S/c1-8-5-13(7-17-8)6-11(15)10-4-9(14)2-3-12(10)16-13/h2-4,8,11,15H,5-7H2,1H3. The molecule has 2 aliphatic rings. The van der Waals surface area contributed by atoms with E-state index in [-0.39, 0.29) is 5.60 Å². The van der Waals surface area contributed by atoms with Crippen LogP contribution in [0.25, 0.3) is 0 Å². The Hall–Kier alpha value is -0.380. The summed E-state index contributed by atoms with van der Waals surface area (Å²) in [4.78, 5) is 0. The fraction of sp³-hybridized carbons (Fsp3) is 0.538. The second kappa shape index (κ2) is 4.08. The molecule has 92 valence electrons. The quantitative estimate of drug-likeness (QED) is 0.783. The molecule has 3 atom stereocenters. The van der Waals surface area contributed by atoms with Gasteiger partial charge in [0.2, 0.25) is 0 Å². The highest BCUT2D eigenvalue weighted by molar-refractivity contribution is 8.00. The number of aliphatic hydroxyl groups excluding tert-OH is 1. The molecule has 3 rings (SSSR count). The van der Waals surface area contributed by atoms with Gasteiger partial charge in [-0.15, -0.1) is 0 Å². The first kappa shape index (κ1) is 11.7. The summed E-state index contributed by atoms with van der Waals surface area (Å²) in [7, 11) is 0. The molecule has 0 radical (unpaired) electrons. The van der Waals surface area contributed by atoms with Gasteiger partial charge in [-0.05, 0) is 24.6 Å². The molecule has 1 spiro atoms. The average molecular weight is 271 g/mol. The number of benzene rings is 1. The minimum Gasteiger partial charge on any atom is -0.486 e. The van der Waals surface area contributed by atoms with Crippen LogP contribution in [0.4, 0.5) is 0 Å². The van der Waals surface area contributed by atoms with E-state index in [2.05, 4.69) is 6.92 Å². The van der Waals surface area contributed by atoms with Crippen LogP contribution in [-0.4, -0.2) is 21.7 Å². The van der Waals surface area contributed by atoms with Crippen molar-refractivity contribution >= 4 is 23.4 Å². The summed E-state index contributed by atoms with van der Waals surface area (Å²) < 4.78 is 6.14. The van der Waals surface area contributed by atoms with Crippen LogP contribution in [0.3, 0.4) is 0 Å². The highest BCUT2D eigenvalue weighted by Gasteiger charge is 2.45. The van der Waals surface area contributed by atoms with Gasteiger partial charge in [0, 0.05) is 28.0 Å². The van der Waals surface area contributed by atoms with Gasteiger partial charge in [0.15, 0.2) is 0 Å². The third kappa shape index (κ3) is 2.05. The van der Waals surface area contributed by atoms with Gasteiger partial charge >= 0.3 is 0 Å². The molecule has 1 aromatic carbocycles. The first-order valence-corrected chi connectivity index (χ1v) is 7.29. The monoisotopic (exact) mass is 270 g/mol. The van der Waals surface area contributed by atoms with Crippen molar-refractivity contribution in [2.24, 2.45) is 0 Å². The van der Waals surface area contributed by atoms with Crippen LogP contribution in [0, 0.1) is 0 Å². The molecule has 1 aromatic rings. The summed E-state index contributed by atoms with van der Waals surface area (Å²) in [5.41, 5.74) is 0.650. The van der Waals surface area contributed by atoms with Crippen LogP contribution in [-0.2, 0) is 0 Å². The van der Waals surface area contributed by atoms with Crippen molar-refractivity contribution in [2.75, 3.05) is 5.75 Å². The zero-order valence-electron chi connectivity index (χ0n) is 9.65. The van der Waals surface area contributed by atoms with Crippen LogP contribution in [0.15, 0.2) is 18.2 Å². The SMILES string of the molecule is CC1CC2(CS1)CC(O)c1cc(Cl)ccc1O2. The Bertz CT molecular complexity index is 451. The fourth-order valence-electron chi connectivity index (χ4n) is 2.76. The summed E-state index contributed by atoms with van der Waals surface area (Å²) >= 11 is 7.87. The Kier molecular flexibility index (Phi) is 2.80. The summed E-state index contributed by atoms with van der Waals surface area (Å²) in [6, 6.07) is 5.49. The van der Waals surface area contributed by atoms with Gasteiger partial charge in [-0.1, -0.05) is 18.5 Å². The second-order valence-electron chi connectivity index (χ2n) is 5.01. The lowest BCUT2D eigenvalue weighted by molar-refractivity contribution is 0.00153. The Morgan fingerprint density at radius 2 is 2.29 bits per heavy atom. The number of rotatable bonds is 0. The number of ether oxygens (including phenoxy) is 1. The minimum absolute atomic E-state index is 0.176. The van der Waals surface area contributed by atoms with Crippen molar-refractivity contribution in [3.05, 3.63) is 28.8 Å². The summed E-state index contributed by atoms with van der Waals surface area (Å²) in [5, 5.41) is 11.5. The molecule has 2 aliphatic heterocycles. The molecular weight excluding hydrogens is 256 g/mol. The van der Waals surface area contributed by atoms with E-state index in [4.69, 9.17) is 16.3 Å². The molecule has 2 heterocycles. The molecule has 4 heteroatoms. The number of hydrogen-bond acceptors (Lipinski definition) is 3. The lowest BCUT2D eigenvalue weighted by Gasteiger charge is -2.37. The largest absolute Gasteiger partial charge is 0.486 e. The summed E-state index contributed by atoms with van der Waals surface area (Å²) in [6.07, 6.45) is 1.23. The smallest absolute Gasteiger partial charge is 0.126 e. The normalized spacial score (nSPS) is 35.7. The van der Waals surface area contributed by atoms with E-state index < -0.39 is 6.10 Å². The van der Waals surface area contributed by atoms with Gasteiger partial charge < -0.3 is 9.84 Å². The second-order valence-corrected chi connectivity index (χ2v) is 6.88. The topological polar surface area (TPSA) is 29.5 Å². The van der Waals surface area contributed by atoms with Crippen LogP contribution in [0.1, 0.15) is 31.4 Å². The fourth-order valence-corrected chi connectivity index (χ4v) is 4.24. The van der Waals surface area contributed by atoms with E-state index in [1.54, 1.807) is 6.07 Å². The van der Waals surface area contributed by atoms with E-state index >= 15 is 0 Å². The number of hydrogen-bond donors (Lipinski definition) is 1. The molecule has 0 aliphatic carbocycles. The average Bonchev–Trinajstić information content (AvgIpc) is 2.61. The third-order valence-electron chi connectivity index (χ3n) is 3.51. The van der Waals surface area contributed by atoms with Crippen LogP contribution >= 0.6 is 23.4 Å². The Morgan fingerprint density at radius 1 is 1.47 bits per heavy atom. The van der Waals surface area contributed by atoms with Crippen LogP contribution < -0.4 is 4.74 Å². The maximum Gasteiger partial charge on any atom is 0.126 e. The Balaban J connectivity index is 1.96. The molecule has 1 saturated heterocycles. The molecule has 1 fully saturated rings. The van der Waals surface area contributed by atoms with Gasteiger partial charge in [-0.2, -0.15) is 11.8 Å². The zero-order chi connectivity index (χ0) is 12.0. The zero-order valence-corrected chi connectivity index (χ0v) is 11.2. The van der Waals surface area contributed by atoms with E-state index in [0.29, 0.717) is 16.7 Å². The molecule has 3 unspecified atom stereocenters. The molecule has 17 heavy (non-hydrogen) atoms. The van der Waals surface area contributed by atoms with Gasteiger partial charge in [-0.25, -0.2) is 0 Å². The van der Waals surface area contributed by atoms with Gasteiger partial charge in [-0.3, -0.25) is 0 Å². The maximum absolute atomic E-state index is 10.2. The Labute approximate surface area is 110 Å². The number of halogens is 1. The highest BCUT2D eigenvalue weighted by Crippen LogP contribution is 2.48. The summed E-state index contributed by atoms with van der Waals surface area (Å²) in [6.45, 7) is 2.21. The molecule has 1 N–H and O–H groups in total. The van der Waals surface area contributed by atoms with Crippen molar-refractivity contribution < 1.29 is 9.84 Å². The van der Waals surface area contributed by atoms with Gasteiger partial charge in [0.05, 0.1) is 6.10 Å². The van der Waals surface area contributed by atoms with Crippen molar-refractivity contribution in [1.82, 2.24) is 0 Å². The van der Waals surface area contributed by atoms with E-state index in [1.807, 2.05) is 23.9 Å². The van der Waals surface area contributed by atoms with Crippen molar-refractivity contribution in [2.45, 2.75) is 36.7 Å². The molecule has 0 saturated carbocycles. The van der Waals surface area contributed by atoms with E-state index in [1.165, 1.54) is 0 Å². The first-order chi connectivity index (χ1) is 8.08. The van der Waals surface area contributed by atoms with Gasteiger partial charge in [0.1, 0.15) is 11.4 Å². The van der Waals surface area contributed by atoms with Crippen LogP contribution in [0.5, 0.6) is 5.75 Å². The van der Waals surface area contributed by atoms with Crippen molar-refractivity contribution in [3.63, 3.8) is 0 Å². The number of thioether (sulfide) groups is 1. The molecular formula is C13H15ClO2S. The lowest BCUT2D eigenvalue weighted by atomic mass is 9.87. The number of aliphatic hydroxyl groups is 1. The highest BCUT2D eigenvalue weighted by atomic mass is 35.5. The molecule has 2 nitrogen and oxygen atoms in total. The predicted molar refractivity (Wildman–Crippen MR) is 70.9 cm³/mol. The van der Waals surface area contributed by atoms with Gasteiger partial charge in [0.25, 0.3) is 0 Å². The summed E-state index contributed by atoms with van der Waals surface area (Å²) in [5.74, 6) is 1.76. The van der Waals surface area contributed by atoms with E-state index in [0.717, 1.165) is 23.5 Å². The number of fused-ring (bicyclic) bond motifs is 1. The minimum atomic E-state index is -0.455. The first-order valence-electron chi connectivity index (χ1n) is 5.86.